The Morgan fingerprint density at radius 3 is 2.86 bits per heavy atom. The van der Waals surface area contributed by atoms with Gasteiger partial charge in [0.15, 0.2) is 0 Å². The summed E-state index contributed by atoms with van der Waals surface area (Å²) in [5, 5.41) is 3.48. The molecule has 0 radical (unpaired) electrons. The van der Waals surface area contributed by atoms with Gasteiger partial charge in [-0.15, -0.1) is 0 Å². The highest BCUT2D eigenvalue weighted by Gasteiger charge is 2.27. The summed E-state index contributed by atoms with van der Waals surface area (Å²) in [6.45, 7) is 7.35. The van der Waals surface area contributed by atoms with Crippen molar-refractivity contribution in [3.63, 3.8) is 0 Å². The van der Waals surface area contributed by atoms with Gasteiger partial charge in [0.2, 0.25) is 0 Å². The van der Waals surface area contributed by atoms with Crippen molar-refractivity contribution in [2.24, 2.45) is 5.92 Å². The first-order valence-corrected chi connectivity index (χ1v) is 6.35. The van der Waals surface area contributed by atoms with E-state index in [1.807, 2.05) is 0 Å². The molecule has 0 spiro atoms. The second kappa shape index (κ2) is 5.13. The van der Waals surface area contributed by atoms with Crippen molar-refractivity contribution >= 4 is 0 Å². The lowest BCUT2D eigenvalue weighted by Gasteiger charge is -2.29. The highest BCUT2D eigenvalue weighted by Crippen LogP contribution is 2.35. The third-order valence-corrected chi connectivity index (χ3v) is 3.66. The Morgan fingerprint density at radius 1 is 1.29 bits per heavy atom. The van der Waals surface area contributed by atoms with Crippen LogP contribution in [0.25, 0.3) is 0 Å². The molecule has 2 fully saturated rings. The first kappa shape index (κ1) is 10.4. The molecule has 1 heterocycles. The predicted octanol–water partition coefficient (Wildman–Crippen LogP) is 1.86. The van der Waals surface area contributed by atoms with Gasteiger partial charge in [0.05, 0.1) is 0 Å². The fourth-order valence-corrected chi connectivity index (χ4v) is 2.54. The van der Waals surface area contributed by atoms with Crippen LogP contribution in [0.3, 0.4) is 0 Å². The van der Waals surface area contributed by atoms with Gasteiger partial charge in [-0.05, 0) is 38.3 Å². The summed E-state index contributed by atoms with van der Waals surface area (Å²) in [6, 6.07) is 0.877. The maximum Gasteiger partial charge on any atom is 0.0110 e. The van der Waals surface area contributed by atoms with Crippen LogP contribution >= 0.6 is 0 Å². The van der Waals surface area contributed by atoms with Crippen molar-refractivity contribution in [1.29, 1.82) is 0 Å². The lowest BCUT2D eigenvalue weighted by Crippen LogP contribution is -2.37. The second-order valence-electron chi connectivity index (χ2n) is 4.88. The molecule has 0 aromatic heterocycles. The van der Waals surface area contributed by atoms with Crippen molar-refractivity contribution in [2.45, 2.75) is 45.1 Å². The van der Waals surface area contributed by atoms with Gasteiger partial charge in [-0.1, -0.05) is 19.8 Å². The monoisotopic (exact) mass is 196 g/mol. The summed E-state index contributed by atoms with van der Waals surface area (Å²) in [4.78, 5) is 2.72. The molecule has 1 atom stereocenters. The van der Waals surface area contributed by atoms with Gasteiger partial charge in [-0.3, -0.25) is 4.90 Å². The molecule has 2 aliphatic rings. The van der Waals surface area contributed by atoms with E-state index in [2.05, 4.69) is 17.1 Å². The Kier molecular flexibility index (Phi) is 3.82. The third-order valence-electron chi connectivity index (χ3n) is 3.66. The van der Waals surface area contributed by atoms with Crippen LogP contribution in [0.1, 0.15) is 39.0 Å². The minimum absolute atomic E-state index is 0.877. The van der Waals surface area contributed by atoms with E-state index < -0.39 is 0 Å². The Bertz CT molecular complexity index is 158. The Morgan fingerprint density at radius 2 is 2.14 bits per heavy atom. The molecule has 2 rings (SSSR count). The zero-order chi connectivity index (χ0) is 9.80. The summed E-state index contributed by atoms with van der Waals surface area (Å²) in [5.74, 6) is 1.08. The summed E-state index contributed by atoms with van der Waals surface area (Å²) in [7, 11) is 0. The first-order chi connectivity index (χ1) is 6.90. The molecule has 0 aromatic carbocycles. The molecule has 0 bridgehead atoms. The second-order valence-corrected chi connectivity index (χ2v) is 4.88. The molecular weight excluding hydrogens is 172 g/mol. The largest absolute Gasteiger partial charge is 0.315 e. The maximum absolute atomic E-state index is 3.48. The molecule has 1 saturated heterocycles. The molecule has 1 N–H and O–H groups in total. The van der Waals surface area contributed by atoms with Crippen LogP contribution in [-0.4, -0.2) is 37.1 Å². The molecule has 1 saturated carbocycles. The van der Waals surface area contributed by atoms with E-state index >= 15 is 0 Å². The van der Waals surface area contributed by atoms with Crippen LogP contribution in [0.2, 0.25) is 0 Å². The van der Waals surface area contributed by atoms with Gasteiger partial charge in [0, 0.05) is 19.1 Å². The number of rotatable bonds is 4. The molecule has 1 unspecified atom stereocenters. The number of nitrogens with zero attached hydrogens (tertiary/aromatic N) is 1. The quantitative estimate of drug-likeness (QED) is 0.738. The van der Waals surface area contributed by atoms with Crippen LogP contribution in [-0.2, 0) is 0 Å². The zero-order valence-corrected chi connectivity index (χ0v) is 9.47. The van der Waals surface area contributed by atoms with Crippen LogP contribution < -0.4 is 5.32 Å². The Labute approximate surface area is 88.1 Å². The van der Waals surface area contributed by atoms with Gasteiger partial charge < -0.3 is 5.32 Å². The highest BCUT2D eigenvalue weighted by molar-refractivity contribution is 4.82. The molecule has 2 nitrogen and oxygen atoms in total. The first-order valence-electron chi connectivity index (χ1n) is 6.35. The Balaban J connectivity index is 1.80. The predicted molar refractivity (Wildman–Crippen MR) is 60.5 cm³/mol. The average Bonchev–Trinajstić information content (AvgIpc) is 3.01. The molecule has 1 aliphatic carbocycles. The Hall–Kier alpha value is -0.0800. The minimum atomic E-state index is 0.877. The summed E-state index contributed by atoms with van der Waals surface area (Å²) >= 11 is 0. The fourth-order valence-electron chi connectivity index (χ4n) is 2.54. The van der Waals surface area contributed by atoms with Gasteiger partial charge >= 0.3 is 0 Å². The highest BCUT2D eigenvalue weighted by atomic mass is 15.2. The molecule has 82 valence electrons. The lowest BCUT2D eigenvalue weighted by atomic mass is 10.1. The van der Waals surface area contributed by atoms with Gasteiger partial charge in [0.1, 0.15) is 0 Å². The SMILES string of the molecule is CCC(CC1CC1)N1CCCNCC1. The van der Waals surface area contributed by atoms with Crippen molar-refractivity contribution in [2.75, 3.05) is 26.2 Å². The van der Waals surface area contributed by atoms with E-state index in [1.165, 1.54) is 58.3 Å². The van der Waals surface area contributed by atoms with Crippen molar-refractivity contribution < 1.29 is 0 Å². The van der Waals surface area contributed by atoms with E-state index in [-0.39, 0.29) is 0 Å². The lowest BCUT2D eigenvalue weighted by molar-refractivity contribution is 0.187. The van der Waals surface area contributed by atoms with E-state index in [4.69, 9.17) is 0 Å². The molecule has 14 heavy (non-hydrogen) atoms. The van der Waals surface area contributed by atoms with Crippen LogP contribution in [0.5, 0.6) is 0 Å². The van der Waals surface area contributed by atoms with Gasteiger partial charge in [-0.25, -0.2) is 0 Å². The number of nitrogens with one attached hydrogen (secondary N) is 1. The summed E-state index contributed by atoms with van der Waals surface area (Å²) in [6.07, 6.45) is 7.15. The average molecular weight is 196 g/mol. The molecule has 0 amide bonds. The normalized spacial score (nSPS) is 27.2. The van der Waals surface area contributed by atoms with Gasteiger partial charge in [0.25, 0.3) is 0 Å². The van der Waals surface area contributed by atoms with Crippen LogP contribution in [0.4, 0.5) is 0 Å². The molecule has 0 aromatic rings. The standard InChI is InChI=1S/C12H24N2/c1-2-12(10-11-4-5-11)14-8-3-6-13-7-9-14/h11-13H,2-10H2,1H3. The van der Waals surface area contributed by atoms with Crippen molar-refractivity contribution in [1.82, 2.24) is 10.2 Å². The summed E-state index contributed by atoms with van der Waals surface area (Å²) < 4.78 is 0. The van der Waals surface area contributed by atoms with E-state index in [9.17, 15) is 0 Å². The maximum atomic E-state index is 3.48. The zero-order valence-electron chi connectivity index (χ0n) is 9.47. The minimum Gasteiger partial charge on any atom is -0.315 e. The van der Waals surface area contributed by atoms with Crippen LogP contribution in [0, 0.1) is 5.92 Å². The van der Waals surface area contributed by atoms with E-state index in [1.54, 1.807) is 0 Å². The van der Waals surface area contributed by atoms with Crippen LogP contribution in [0.15, 0.2) is 0 Å². The molecular formula is C12H24N2. The smallest absolute Gasteiger partial charge is 0.0110 e. The van der Waals surface area contributed by atoms with Crippen molar-refractivity contribution in [3.8, 4) is 0 Å². The third kappa shape index (κ3) is 2.96. The van der Waals surface area contributed by atoms with E-state index in [0.29, 0.717) is 0 Å². The van der Waals surface area contributed by atoms with Crippen molar-refractivity contribution in [3.05, 3.63) is 0 Å². The fraction of sp³-hybridized carbons (Fsp3) is 1.00. The topological polar surface area (TPSA) is 15.3 Å². The molecule has 1 aliphatic heterocycles. The molecule has 2 heteroatoms. The number of hydrogen-bond donors (Lipinski definition) is 1. The van der Waals surface area contributed by atoms with E-state index in [0.717, 1.165) is 12.0 Å². The van der Waals surface area contributed by atoms with Gasteiger partial charge in [-0.2, -0.15) is 0 Å². The number of hydrogen-bond acceptors (Lipinski definition) is 2. The summed E-state index contributed by atoms with van der Waals surface area (Å²) in [5.41, 5.74) is 0.